The van der Waals surface area contributed by atoms with E-state index in [2.05, 4.69) is 5.32 Å². The number of hydrogen-bond acceptors (Lipinski definition) is 3. The number of carbonyl (C=O) groups is 2. The molecular weight excluding hydrogens is 228 g/mol. The first kappa shape index (κ1) is 14.4. The molecule has 0 saturated carbocycles. The van der Waals surface area contributed by atoms with E-state index >= 15 is 0 Å². The van der Waals surface area contributed by atoms with Crippen LogP contribution in [0.4, 0.5) is 0 Å². The average Bonchev–Trinajstić information content (AvgIpc) is 2.32. The number of hydrogen-bond donors (Lipinski definition) is 1. The van der Waals surface area contributed by atoms with E-state index in [1.165, 1.54) is 11.8 Å². The average molecular weight is 248 g/mol. The lowest BCUT2D eigenvalue weighted by Crippen LogP contribution is -2.39. The lowest BCUT2D eigenvalue weighted by atomic mass is 10.1. The second-order valence-corrected chi connectivity index (χ2v) is 4.38. The van der Waals surface area contributed by atoms with E-state index < -0.39 is 0 Å². The van der Waals surface area contributed by atoms with Gasteiger partial charge in [0.05, 0.1) is 0 Å². The van der Waals surface area contributed by atoms with Gasteiger partial charge < -0.3 is 5.32 Å². The minimum atomic E-state index is -0.235. The third kappa shape index (κ3) is 3.40. The first-order valence-corrected chi connectivity index (χ1v) is 6.01. The molecule has 0 fully saturated rings. The van der Waals surface area contributed by atoms with E-state index in [4.69, 9.17) is 0 Å². The van der Waals surface area contributed by atoms with E-state index in [-0.39, 0.29) is 11.8 Å². The zero-order valence-electron chi connectivity index (χ0n) is 11.4. The van der Waals surface area contributed by atoms with Crippen molar-refractivity contribution in [3.05, 3.63) is 34.9 Å². The molecule has 0 bridgehead atoms. The number of carbonyl (C=O) groups excluding carboxylic acids is 2. The van der Waals surface area contributed by atoms with Gasteiger partial charge in [0.1, 0.15) is 0 Å². The topological polar surface area (TPSA) is 49.4 Å². The maximum atomic E-state index is 12.2. The lowest BCUT2D eigenvalue weighted by molar-refractivity contribution is -0.126. The molecule has 0 spiro atoms. The highest BCUT2D eigenvalue weighted by molar-refractivity contribution is 6.04. The molecule has 0 atom stereocenters. The second kappa shape index (κ2) is 6.31. The van der Waals surface area contributed by atoms with Gasteiger partial charge in [-0.15, -0.1) is 0 Å². The zero-order chi connectivity index (χ0) is 13.7. The van der Waals surface area contributed by atoms with Gasteiger partial charge in [-0.2, -0.15) is 0 Å². The number of likely N-dealkylation sites (N-methyl/N-ethyl adjacent to an activating group) is 1. The summed E-state index contributed by atoms with van der Waals surface area (Å²) in [6, 6.07) is 5.49. The van der Waals surface area contributed by atoms with Gasteiger partial charge in [0.25, 0.3) is 5.91 Å². The Morgan fingerprint density at radius 3 is 2.39 bits per heavy atom. The third-order valence-electron chi connectivity index (χ3n) is 2.96. The van der Waals surface area contributed by atoms with Crippen LogP contribution in [-0.4, -0.2) is 36.9 Å². The maximum absolute atomic E-state index is 12.2. The van der Waals surface area contributed by atoms with Crippen molar-refractivity contribution in [2.45, 2.75) is 20.8 Å². The van der Waals surface area contributed by atoms with Crippen molar-refractivity contribution in [2.75, 3.05) is 20.1 Å². The summed E-state index contributed by atoms with van der Waals surface area (Å²) in [5.74, 6) is -0.464. The van der Waals surface area contributed by atoms with Gasteiger partial charge in [0, 0.05) is 25.6 Å². The third-order valence-corrected chi connectivity index (χ3v) is 2.96. The van der Waals surface area contributed by atoms with Crippen molar-refractivity contribution >= 4 is 11.8 Å². The van der Waals surface area contributed by atoms with Crippen LogP contribution in [-0.2, 0) is 4.79 Å². The van der Waals surface area contributed by atoms with E-state index in [0.29, 0.717) is 18.7 Å². The molecule has 4 nitrogen and oxygen atoms in total. The molecule has 0 unspecified atom stereocenters. The van der Waals surface area contributed by atoms with Crippen molar-refractivity contribution in [1.29, 1.82) is 0 Å². The smallest absolute Gasteiger partial charge is 0.260 e. The largest absolute Gasteiger partial charge is 0.318 e. The van der Waals surface area contributed by atoms with Crippen molar-refractivity contribution < 1.29 is 9.59 Å². The van der Waals surface area contributed by atoms with Gasteiger partial charge in [-0.05, 0) is 44.2 Å². The van der Waals surface area contributed by atoms with E-state index in [9.17, 15) is 9.59 Å². The summed E-state index contributed by atoms with van der Waals surface area (Å²) in [4.78, 5) is 25.0. The highest BCUT2D eigenvalue weighted by Crippen LogP contribution is 2.12. The molecule has 0 aromatic heterocycles. The minimum absolute atomic E-state index is 0.228. The number of amides is 2. The molecular formula is C14H20N2O2. The normalized spacial score (nSPS) is 10.2. The fourth-order valence-electron chi connectivity index (χ4n) is 1.66. The van der Waals surface area contributed by atoms with Crippen molar-refractivity contribution in [2.24, 2.45) is 0 Å². The van der Waals surface area contributed by atoms with Crippen LogP contribution >= 0.6 is 0 Å². The van der Waals surface area contributed by atoms with Crippen LogP contribution in [0, 0.1) is 13.8 Å². The van der Waals surface area contributed by atoms with Gasteiger partial charge in [-0.25, -0.2) is 0 Å². The summed E-state index contributed by atoms with van der Waals surface area (Å²) in [5, 5.41) is 2.93. The van der Waals surface area contributed by atoms with Crippen LogP contribution in [0.3, 0.4) is 0 Å². The molecule has 1 aromatic rings. The molecule has 1 aromatic carbocycles. The fraction of sp³-hybridized carbons (Fsp3) is 0.429. The molecule has 4 heteroatoms. The minimum Gasteiger partial charge on any atom is -0.318 e. The molecule has 0 saturated heterocycles. The number of rotatable bonds is 4. The Labute approximate surface area is 108 Å². The van der Waals surface area contributed by atoms with Gasteiger partial charge in [-0.1, -0.05) is 6.07 Å². The predicted octanol–water partition coefficient (Wildman–Crippen LogP) is 1.51. The Balaban J connectivity index is 2.94. The number of aryl methyl sites for hydroxylation is 2. The number of nitrogens with one attached hydrogen (secondary N) is 1. The maximum Gasteiger partial charge on any atom is 0.260 e. The Hall–Kier alpha value is -1.68. The van der Waals surface area contributed by atoms with Crippen LogP contribution in [0.1, 0.15) is 28.4 Å². The molecule has 18 heavy (non-hydrogen) atoms. The summed E-state index contributed by atoms with van der Waals surface area (Å²) < 4.78 is 0. The van der Waals surface area contributed by atoms with Crippen LogP contribution in [0.5, 0.6) is 0 Å². The Bertz CT molecular complexity index is 455. The predicted molar refractivity (Wildman–Crippen MR) is 71.6 cm³/mol. The molecule has 98 valence electrons. The van der Waals surface area contributed by atoms with Gasteiger partial charge in [0.15, 0.2) is 0 Å². The van der Waals surface area contributed by atoms with Gasteiger partial charge in [0.2, 0.25) is 5.91 Å². The molecule has 1 rings (SSSR count). The van der Waals surface area contributed by atoms with Gasteiger partial charge >= 0.3 is 0 Å². The molecule has 1 N–H and O–H groups in total. The molecule has 0 aliphatic rings. The Kier molecular flexibility index (Phi) is 5.04. The van der Waals surface area contributed by atoms with Crippen molar-refractivity contribution in [3.63, 3.8) is 0 Å². The van der Waals surface area contributed by atoms with Crippen LogP contribution in [0.25, 0.3) is 0 Å². The van der Waals surface area contributed by atoms with Crippen LogP contribution < -0.4 is 5.32 Å². The highest BCUT2D eigenvalue weighted by atomic mass is 16.2. The van der Waals surface area contributed by atoms with Crippen LogP contribution in [0.2, 0.25) is 0 Å². The molecule has 2 amide bonds. The summed E-state index contributed by atoms with van der Waals surface area (Å²) in [6.45, 7) is 6.34. The first-order chi connectivity index (χ1) is 8.47. The summed E-state index contributed by atoms with van der Waals surface area (Å²) in [7, 11) is 1.79. The first-order valence-electron chi connectivity index (χ1n) is 6.01. The Morgan fingerprint density at radius 2 is 1.89 bits per heavy atom. The number of imide groups is 1. The number of nitrogens with zero attached hydrogens (tertiary/aromatic N) is 1. The quantitative estimate of drug-likeness (QED) is 0.878. The standard InChI is InChI=1S/C14H20N2O2/c1-10-5-6-13(9-11(10)2)14(18)16(12(3)17)8-7-15-4/h5-6,9,15H,7-8H2,1-4H3. The van der Waals surface area contributed by atoms with E-state index in [0.717, 1.165) is 11.1 Å². The van der Waals surface area contributed by atoms with Gasteiger partial charge in [-0.3, -0.25) is 14.5 Å². The lowest BCUT2D eigenvalue weighted by Gasteiger charge is -2.19. The van der Waals surface area contributed by atoms with Crippen LogP contribution in [0.15, 0.2) is 18.2 Å². The monoisotopic (exact) mass is 248 g/mol. The summed E-state index contributed by atoms with van der Waals surface area (Å²) in [5.41, 5.74) is 2.75. The second-order valence-electron chi connectivity index (χ2n) is 4.38. The zero-order valence-corrected chi connectivity index (χ0v) is 11.4. The summed E-state index contributed by atoms with van der Waals surface area (Å²) in [6.07, 6.45) is 0. The molecule has 0 radical (unpaired) electrons. The molecule has 0 aliphatic carbocycles. The van der Waals surface area contributed by atoms with E-state index in [1.807, 2.05) is 26.0 Å². The fourth-order valence-corrected chi connectivity index (χ4v) is 1.66. The number of benzene rings is 1. The molecule has 0 heterocycles. The van der Waals surface area contributed by atoms with Crippen molar-refractivity contribution in [3.8, 4) is 0 Å². The van der Waals surface area contributed by atoms with E-state index in [1.54, 1.807) is 13.1 Å². The highest BCUT2D eigenvalue weighted by Gasteiger charge is 2.19. The van der Waals surface area contributed by atoms with Crippen molar-refractivity contribution in [1.82, 2.24) is 10.2 Å². The Morgan fingerprint density at radius 1 is 1.22 bits per heavy atom. The molecule has 0 aliphatic heterocycles. The summed E-state index contributed by atoms with van der Waals surface area (Å²) >= 11 is 0. The SMILES string of the molecule is CNCCN(C(C)=O)C(=O)c1ccc(C)c(C)c1.